The molecule has 0 saturated heterocycles. The fourth-order valence-electron chi connectivity index (χ4n) is 3.48. The highest BCUT2D eigenvalue weighted by molar-refractivity contribution is 5.95. The summed E-state index contributed by atoms with van der Waals surface area (Å²) in [5, 5.41) is 8.59. The van der Waals surface area contributed by atoms with Crippen molar-refractivity contribution in [1.29, 1.82) is 0 Å². The largest absolute Gasteiger partial charge is 0.420 e. The highest BCUT2D eigenvalue weighted by atomic mass is 16.4. The number of nitrogen functional groups attached to an aromatic ring is 1. The number of nitrogens with one attached hydrogen (secondary N) is 1. The Morgan fingerprint density at radius 2 is 1.53 bits per heavy atom. The lowest BCUT2D eigenvalue weighted by atomic mass is 9.91. The van der Waals surface area contributed by atoms with Crippen LogP contribution in [0, 0.1) is 13.8 Å². The van der Waals surface area contributed by atoms with Crippen molar-refractivity contribution in [3.8, 4) is 11.5 Å². The molecule has 30 heavy (non-hydrogen) atoms. The highest BCUT2D eigenvalue weighted by Gasteiger charge is 2.24. The number of amides is 1. The molecule has 0 aliphatic carbocycles. The molecule has 4 aromatic rings. The Kier molecular flexibility index (Phi) is 5.36. The summed E-state index contributed by atoms with van der Waals surface area (Å²) in [6.07, 6.45) is 0. The Morgan fingerprint density at radius 3 is 2.10 bits per heavy atom. The number of carbonyl (C=O) groups excluding carboxylic acids is 1. The standard InChI is InChI=1S/C23H21N5O2/c1-14-18(21(29)26-24)13-19(15(2)25-14)22-27-28-23(30-22)20(16-9-5-3-6-10-16)17-11-7-4-8-12-17/h3-13,20H,24H2,1-2H3,(H,26,29). The van der Waals surface area contributed by atoms with Crippen LogP contribution in [0.4, 0.5) is 0 Å². The van der Waals surface area contributed by atoms with Gasteiger partial charge in [-0.2, -0.15) is 0 Å². The van der Waals surface area contributed by atoms with Gasteiger partial charge < -0.3 is 4.42 Å². The van der Waals surface area contributed by atoms with Gasteiger partial charge >= 0.3 is 0 Å². The van der Waals surface area contributed by atoms with Gasteiger partial charge in [0.05, 0.1) is 28.4 Å². The average molecular weight is 399 g/mol. The maximum absolute atomic E-state index is 12.1. The Hall–Kier alpha value is -3.84. The molecule has 2 aromatic carbocycles. The molecule has 4 rings (SSSR count). The maximum Gasteiger partial charge on any atom is 0.267 e. The first-order valence-corrected chi connectivity index (χ1v) is 9.51. The maximum atomic E-state index is 12.1. The van der Waals surface area contributed by atoms with Crippen molar-refractivity contribution in [3.63, 3.8) is 0 Å². The smallest absolute Gasteiger partial charge is 0.267 e. The lowest BCUT2D eigenvalue weighted by Crippen LogP contribution is -2.30. The summed E-state index contributed by atoms with van der Waals surface area (Å²) in [4.78, 5) is 16.5. The van der Waals surface area contributed by atoms with Gasteiger partial charge in [0.25, 0.3) is 5.91 Å². The van der Waals surface area contributed by atoms with Crippen LogP contribution in [0.5, 0.6) is 0 Å². The number of hydrogen-bond acceptors (Lipinski definition) is 6. The second kappa shape index (κ2) is 8.26. The third kappa shape index (κ3) is 3.70. The zero-order valence-electron chi connectivity index (χ0n) is 16.7. The Labute approximate surface area is 174 Å². The van der Waals surface area contributed by atoms with Crippen molar-refractivity contribution in [2.75, 3.05) is 0 Å². The van der Waals surface area contributed by atoms with Gasteiger partial charge in [0.15, 0.2) is 0 Å². The van der Waals surface area contributed by atoms with E-state index < -0.39 is 5.91 Å². The van der Waals surface area contributed by atoms with E-state index in [0.29, 0.717) is 34.3 Å². The fourth-order valence-corrected chi connectivity index (χ4v) is 3.48. The summed E-state index contributed by atoms with van der Waals surface area (Å²) in [5.74, 6) is 5.43. The quantitative estimate of drug-likeness (QED) is 0.302. The molecule has 150 valence electrons. The van der Waals surface area contributed by atoms with Crippen LogP contribution in [0.1, 0.15) is 44.7 Å². The van der Waals surface area contributed by atoms with Crippen molar-refractivity contribution in [3.05, 3.63) is 101 Å². The zero-order valence-corrected chi connectivity index (χ0v) is 16.7. The van der Waals surface area contributed by atoms with Crippen LogP contribution in [0.15, 0.2) is 71.1 Å². The van der Waals surface area contributed by atoms with Crippen LogP contribution < -0.4 is 11.3 Å². The van der Waals surface area contributed by atoms with Gasteiger partial charge in [0, 0.05) is 0 Å². The molecule has 7 nitrogen and oxygen atoms in total. The van der Waals surface area contributed by atoms with E-state index in [2.05, 4.69) is 20.6 Å². The first kappa shape index (κ1) is 19.5. The average Bonchev–Trinajstić information content (AvgIpc) is 3.24. The molecule has 0 aliphatic rings. The van der Waals surface area contributed by atoms with Gasteiger partial charge in [0.1, 0.15) is 0 Å². The van der Waals surface area contributed by atoms with Crippen molar-refractivity contribution in [1.82, 2.24) is 20.6 Å². The molecule has 0 bridgehead atoms. The summed E-state index contributed by atoms with van der Waals surface area (Å²) in [5.41, 5.74) is 6.44. The number of nitrogens with zero attached hydrogens (tertiary/aromatic N) is 3. The molecule has 2 heterocycles. The minimum atomic E-state index is -0.424. The fraction of sp³-hybridized carbons (Fsp3) is 0.130. The van der Waals surface area contributed by atoms with E-state index in [-0.39, 0.29) is 5.92 Å². The van der Waals surface area contributed by atoms with Crippen molar-refractivity contribution in [2.24, 2.45) is 5.84 Å². The number of rotatable bonds is 5. The second-order valence-electron chi connectivity index (χ2n) is 6.93. The minimum Gasteiger partial charge on any atom is -0.420 e. The normalized spacial score (nSPS) is 10.9. The molecule has 7 heteroatoms. The summed E-state index contributed by atoms with van der Waals surface area (Å²) in [6.45, 7) is 3.59. The van der Waals surface area contributed by atoms with E-state index in [1.54, 1.807) is 13.0 Å². The zero-order chi connectivity index (χ0) is 21.1. The van der Waals surface area contributed by atoms with Crippen molar-refractivity contribution in [2.45, 2.75) is 19.8 Å². The monoisotopic (exact) mass is 399 g/mol. The number of aryl methyl sites for hydroxylation is 2. The molecule has 0 unspecified atom stereocenters. The van der Waals surface area contributed by atoms with Gasteiger partial charge in [0.2, 0.25) is 11.8 Å². The molecule has 0 radical (unpaired) electrons. The van der Waals surface area contributed by atoms with Gasteiger partial charge in [-0.3, -0.25) is 15.2 Å². The summed E-state index contributed by atoms with van der Waals surface area (Å²) < 4.78 is 6.10. The number of hydrogen-bond donors (Lipinski definition) is 2. The summed E-state index contributed by atoms with van der Waals surface area (Å²) in [7, 11) is 0. The van der Waals surface area contributed by atoms with E-state index in [4.69, 9.17) is 10.3 Å². The van der Waals surface area contributed by atoms with Crippen LogP contribution in [0.2, 0.25) is 0 Å². The Morgan fingerprint density at radius 1 is 0.933 bits per heavy atom. The molecule has 1 amide bonds. The van der Waals surface area contributed by atoms with Gasteiger partial charge in [-0.15, -0.1) is 10.2 Å². The number of hydrazine groups is 1. The van der Waals surface area contributed by atoms with Crippen LogP contribution in [0.3, 0.4) is 0 Å². The highest BCUT2D eigenvalue weighted by Crippen LogP contribution is 2.33. The number of benzene rings is 2. The molecule has 0 saturated carbocycles. The summed E-state index contributed by atoms with van der Waals surface area (Å²) in [6, 6.07) is 21.7. The van der Waals surface area contributed by atoms with Crippen molar-refractivity contribution >= 4 is 5.91 Å². The molecule has 2 aromatic heterocycles. The topological polar surface area (TPSA) is 107 Å². The van der Waals surface area contributed by atoms with E-state index in [0.717, 1.165) is 11.1 Å². The predicted octanol–water partition coefficient (Wildman–Crippen LogP) is 3.53. The molecular weight excluding hydrogens is 378 g/mol. The molecule has 0 aliphatic heterocycles. The first-order valence-electron chi connectivity index (χ1n) is 9.51. The van der Waals surface area contributed by atoms with Crippen LogP contribution in [-0.4, -0.2) is 21.1 Å². The van der Waals surface area contributed by atoms with E-state index >= 15 is 0 Å². The van der Waals surface area contributed by atoms with E-state index in [9.17, 15) is 4.79 Å². The minimum absolute atomic E-state index is 0.209. The number of nitrogens with two attached hydrogens (primary N) is 1. The molecule has 3 N–H and O–H groups in total. The van der Waals surface area contributed by atoms with Gasteiger partial charge in [-0.05, 0) is 31.0 Å². The molecule has 0 fully saturated rings. The number of pyridine rings is 1. The Bertz CT molecular complexity index is 1130. The SMILES string of the molecule is Cc1nc(C)c(-c2nnc(C(c3ccccc3)c3ccccc3)o2)cc1C(=O)NN. The predicted molar refractivity (Wildman–Crippen MR) is 112 cm³/mol. The van der Waals surface area contributed by atoms with Gasteiger partial charge in [-0.25, -0.2) is 5.84 Å². The first-order chi connectivity index (χ1) is 14.6. The lowest BCUT2D eigenvalue weighted by molar-refractivity contribution is 0.0952. The van der Waals surface area contributed by atoms with Crippen molar-refractivity contribution < 1.29 is 9.21 Å². The summed E-state index contributed by atoms with van der Waals surface area (Å²) >= 11 is 0. The van der Waals surface area contributed by atoms with E-state index in [1.807, 2.05) is 67.6 Å². The third-order valence-electron chi connectivity index (χ3n) is 4.96. The number of aromatic nitrogens is 3. The molecular formula is C23H21N5O2. The Balaban J connectivity index is 1.80. The second-order valence-corrected chi connectivity index (χ2v) is 6.93. The molecule has 0 atom stereocenters. The van der Waals surface area contributed by atoms with Crippen LogP contribution in [0.25, 0.3) is 11.5 Å². The third-order valence-corrected chi connectivity index (χ3v) is 4.96. The lowest BCUT2D eigenvalue weighted by Gasteiger charge is -2.14. The van der Waals surface area contributed by atoms with E-state index in [1.165, 1.54) is 0 Å². The van der Waals surface area contributed by atoms with Crippen LogP contribution in [-0.2, 0) is 0 Å². The molecule has 0 spiro atoms. The number of carbonyl (C=O) groups is 1. The van der Waals surface area contributed by atoms with Gasteiger partial charge in [-0.1, -0.05) is 60.7 Å². The van der Waals surface area contributed by atoms with Crippen LogP contribution >= 0.6 is 0 Å².